The molecule has 3 aromatic rings. The zero-order valence-electron chi connectivity index (χ0n) is 18.5. The molecule has 0 radical (unpaired) electrons. The second-order valence-electron chi connectivity index (χ2n) is 7.89. The molecule has 5 nitrogen and oxygen atoms in total. The number of nitrogens with one attached hydrogen (secondary N) is 1. The summed E-state index contributed by atoms with van der Waals surface area (Å²) in [5.74, 6) is -0.0820. The van der Waals surface area contributed by atoms with Crippen LogP contribution < -0.4 is 9.62 Å². The number of aryl methyl sites for hydroxylation is 1. The number of rotatable bonds is 9. The fourth-order valence-corrected chi connectivity index (χ4v) is 6.02. The third kappa shape index (κ3) is 5.28. The standard InChI is InChI=1S/C24H30N2O3S2/c1-5-7-18(4)25-24(27)23-16-19-15-20(10-13-22(19)30-23)26(14-6-2)31(28,29)21-11-8-17(3)9-12-21/h8-13,15-16,18H,5-7,14H2,1-4H3,(H,25,27)/t18-/m1/s1. The molecular formula is C24H30N2O3S2. The van der Waals surface area contributed by atoms with Crippen LogP contribution in [0.25, 0.3) is 10.1 Å². The van der Waals surface area contributed by atoms with E-state index in [-0.39, 0.29) is 16.8 Å². The van der Waals surface area contributed by atoms with E-state index in [2.05, 4.69) is 12.2 Å². The number of sulfonamides is 1. The van der Waals surface area contributed by atoms with Gasteiger partial charge in [-0.05, 0) is 68.5 Å². The number of anilines is 1. The fourth-order valence-electron chi connectivity index (χ4n) is 3.53. The van der Waals surface area contributed by atoms with Crippen molar-refractivity contribution in [1.82, 2.24) is 5.32 Å². The van der Waals surface area contributed by atoms with Crippen molar-refractivity contribution in [1.29, 1.82) is 0 Å². The topological polar surface area (TPSA) is 66.5 Å². The van der Waals surface area contributed by atoms with Gasteiger partial charge in [-0.2, -0.15) is 0 Å². The largest absolute Gasteiger partial charge is 0.349 e. The number of fused-ring (bicyclic) bond motifs is 1. The molecule has 2 aromatic carbocycles. The Balaban J connectivity index is 1.94. The number of thiophene rings is 1. The molecule has 0 saturated carbocycles. The van der Waals surface area contributed by atoms with Crippen LogP contribution in [0.1, 0.15) is 55.3 Å². The Morgan fingerprint density at radius 3 is 2.42 bits per heavy atom. The maximum absolute atomic E-state index is 13.3. The van der Waals surface area contributed by atoms with Gasteiger partial charge >= 0.3 is 0 Å². The molecule has 0 unspecified atom stereocenters. The summed E-state index contributed by atoms with van der Waals surface area (Å²) in [6, 6.07) is 14.5. The van der Waals surface area contributed by atoms with Crippen molar-refractivity contribution in [3.63, 3.8) is 0 Å². The van der Waals surface area contributed by atoms with Crippen LogP contribution in [0.5, 0.6) is 0 Å². The third-order valence-corrected chi connectivity index (χ3v) is 8.10. The van der Waals surface area contributed by atoms with Crippen LogP contribution in [-0.4, -0.2) is 26.9 Å². The molecule has 1 amide bonds. The third-order valence-electron chi connectivity index (χ3n) is 5.15. The molecule has 7 heteroatoms. The van der Waals surface area contributed by atoms with E-state index in [1.54, 1.807) is 12.1 Å². The van der Waals surface area contributed by atoms with Crippen LogP contribution in [0.4, 0.5) is 5.69 Å². The van der Waals surface area contributed by atoms with E-state index in [0.29, 0.717) is 23.5 Å². The van der Waals surface area contributed by atoms with Gasteiger partial charge in [0.2, 0.25) is 0 Å². The average Bonchev–Trinajstić information content (AvgIpc) is 3.16. The molecule has 3 rings (SSSR count). The fraction of sp³-hybridized carbons (Fsp3) is 0.375. The maximum Gasteiger partial charge on any atom is 0.264 e. The zero-order valence-corrected chi connectivity index (χ0v) is 20.1. The van der Waals surface area contributed by atoms with E-state index >= 15 is 0 Å². The van der Waals surface area contributed by atoms with Crippen molar-refractivity contribution in [2.75, 3.05) is 10.8 Å². The van der Waals surface area contributed by atoms with Gasteiger partial charge in [0, 0.05) is 17.3 Å². The highest BCUT2D eigenvalue weighted by atomic mass is 32.2. The highest BCUT2D eigenvalue weighted by Gasteiger charge is 2.25. The van der Waals surface area contributed by atoms with Gasteiger partial charge < -0.3 is 5.32 Å². The second-order valence-corrected chi connectivity index (χ2v) is 10.8. The summed E-state index contributed by atoms with van der Waals surface area (Å²) in [6.07, 6.45) is 2.64. The molecule has 0 aliphatic rings. The molecular weight excluding hydrogens is 428 g/mol. The van der Waals surface area contributed by atoms with Gasteiger partial charge in [0.25, 0.3) is 15.9 Å². The maximum atomic E-state index is 13.3. The van der Waals surface area contributed by atoms with Gasteiger partial charge in [0.1, 0.15) is 0 Å². The van der Waals surface area contributed by atoms with Crippen LogP contribution in [0.3, 0.4) is 0 Å². The Kier molecular flexibility index (Phi) is 7.38. The molecule has 0 bridgehead atoms. The van der Waals surface area contributed by atoms with E-state index in [4.69, 9.17) is 0 Å². The summed E-state index contributed by atoms with van der Waals surface area (Å²) in [6.45, 7) is 8.37. The Hall–Kier alpha value is -2.38. The summed E-state index contributed by atoms with van der Waals surface area (Å²) in [7, 11) is -3.68. The van der Waals surface area contributed by atoms with Gasteiger partial charge in [-0.1, -0.05) is 38.0 Å². The first-order valence-corrected chi connectivity index (χ1v) is 13.0. The molecule has 0 spiro atoms. The lowest BCUT2D eigenvalue weighted by molar-refractivity contribution is 0.0942. The molecule has 166 valence electrons. The smallest absolute Gasteiger partial charge is 0.264 e. The first-order valence-electron chi connectivity index (χ1n) is 10.7. The van der Waals surface area contributed by atoms with E-state index in [0.717, 1.165) is 28.5 Å². The molecule has 1 atom stereocenters. The molecule has 0 aliphatic carbocycles. The molecule has 0 saturated heterocycles. The highest BCUT2D eigenvalue weighted by molar-refractivity contribution is 7.92. The van der Waals surface area contributed by atoms with Crippen molar-refractivity contribution in [3.8, 4) is 0 Å². The van der Waals surface area contributed by atoms with Gasteiger partial charge in [-0.25, -0.2) is 8.42 Å². The summed E-state index contributed by atoms with van der Waals surface area (Å²) in [5.41, 5.74) is 1.62. The number of nitrogens with zero attached hydrogens (tertiary/aromatic N) is 1. The van der Waals surface area contributed by atoms with Crippen molar-refractivity contribution in [2.45, 2.75) is 57.9 Å². The highest BCUT2D eigenvalue weighted by Crippen LogP contribution is 2.32. The van der Waals surface area contributed by atoms with Crippen LogP contribution in [0, 0.1) is 6.92 Å². The average molecular weight is 459 g/mol. The Morgan fingerprint density at radius 2 is 1.77 bits per heavy atom. The minimum Gasteiger partial charge on any atom is -0.349 e. The quantitative estimate of drug-likeness (QED) is 0.445. The van der Waals surface area contributed by atoms with Crippen molar-refractivity contribution >= 4 is 43.0 Å². The lowest BCUT2D eigenvalue weighted by Gasteiger charge is -2.24. The van der Waals surface area contributed by atoms with Gasteiger partial charge in [0.15, 0.2) is 0 Å². The number of hydrogen-bond donors (Lipinski definition) is 1. The Morgan fingerprint density at radius 1 is 1.06 bits per heavy atom. The van der Waals surface area contributed by atoms with Gasteiger partial charge in [-0.3, -0.25) is 9.10 Å². The first-order chi connectivity index (χ1) is 14.8. The lowest BCUT2D eigenvalue weighted by atomic mass is 10.2. The molecule has 31 heavy (non-hydrogen) atoms. The molecule has 1 aromatic heterocycles. The van der Waals surface area contributed by atoms with Crippen molar-refractivity contribution in [2.24, 2.45) is 0 Å². The zero-order chi connectivity index (χ0) is 22.6. The number of carbonyl (C=O) groups excluding carboxylic acids is 1. The summed E-state index contributed by atoms with van der Waals surface area (Å²) < 4.78 is 29.1. The lowest BCUT2D eigenvalue weighted by Crippen LogP contribution is -2.31. The normalized spacial score (nSPS) is 12.6. The van der Waals surface area contributed by atoms with E-state index < -0.39 is 10.0 Å². The Bertz CT molecular complexity index is 1150. The molecule has 0 aliphatic heterocycles. The van der Waals surface area contributed by atoms with Crippen molar-refractivity contribution in [3.05, 3.63) is 59.0 Å². The molecule has 1 heterocycles. The van der Waals surface area contributed by atoms with Crippen LogP contribution in [-0.2, 0) is 10.0 Å². The number of carbonyl (C=O) groups is 1. The summed E-state index contributed by atoms with van der Waals surface area (Å²) in [5, 5.41) is 3.90. The summed E-state index contributed by atoms with van der Waals surface area (Å²) >= 11 is 1.42. The van der Waals surface area contributed by atoms with Crippen LogP contribution in [0.2, 0.25) is 0 Å². The molecule has 1 N–H and O–H groups in total. The van der Waals surface area contributed by atoms with Crippen LogP contribution in [0.15, 0.2) is 53.4 Å². The van der Waals surface area contributed by atoms with E-state index in [1.807, 2.05) is 57.2 Å². The summed E-state index contributed by atoms with van der Waals surface area (Å²) in [4.78, 5) is 13.5. The van der Waals surface area contributed by atoms with E-state index in [9.17, 15) is 13.2 Å². The number of benzene rings is 2. The number of hydrogen-bond acceptors (Lipinski definition) is 4. The van der Waals surface area contributed by atoms with Gasteiger partial charge in [0.05, 0.1) is 15.5 Å². The SMILES string of the molecule is CCC[C@@H](C)NC(=O)c1cc2cc(N(CCC)S(=O)(=O)c3ccc(C)cc3)ccc2s1. The van der Waals surface area contributed by atoms with Gasteiger partial charge in [-0.15, -0.1) is 11.3 Å². The molecule has 0 fully saturated rings. The minimum atomic E-state index is -3.68. The van der Waals surface area contributed by atoms with Crippen LogP contribution >= 0.6 is 11.3 Å². The van der Waals surface area contributed by atoms with E-state index in [1.165, 1.54) is 15.6 Å². The minimum absolute atomic E-state index is 0.0820. The monoisotopic (exact) mass is 458 g/mol. The number of amides is 1. The predicted octanol–water partition coefficient (Wildman–Crippen LogP) is 5.73. The van der Waals surface area contributed by atoms with Crippen molar-refractivity contribution < 1.29 is 13.2 Å². The predicted molar refractivity (Wildman–Crippen MR) is 130 cm³/mol. The Labute approximate surface area is 189 Å². The second kappa shape index (κ2) is 9.83. The first kappa shape index (κ1) is 23.3.